The van der Waals surface area contributed by atoms with Crippen LogP contribution in [0.2, 0.25) is 0 Å². The molecule has 5 heteroatoms. The quantitative estimate of drug-likeness (QED) is 0.447. The van der Waals surface area contributed by atoms with Crippen LogP contribution in [0.4, 0.5) is 0 Å². The normalized spacial score (nSPS) is 32.8. The molecule has 5 nitrogen and oxygen atoms in total. The van der Waals surface area contributed by atoms with E-state index in [1.807, 2.05) is 54.3 Å². The van der Waals surface area contributed by atoms with Gasteiger partial charge in [0.25, 0.3) is 0 Å². The van der Waals surface area contributed by atoms with Crippen molar-refractivity contribution in [1.29, 1.82) is 0 Å². The van der Waals surface area contributed by atoms with E-state index in [2.05, 4.69) is 6.92 Å². The monoisotopic (exact) mass is 355 g/mol. The molecule has 1 spiro atoms. The molecular weight excluding hydrogens is 330 g/mol. The smallest absolute Gasteiger partial charge is 0.312 e. The maximum atomic E-state index is 13.2. The second-order valence-electron chi connectivity index (χ2n) is 7.47. The molecule has 4 rings (SSSR count). The molecule has 5 atom stereocenters. The third kappa shape index (κ3) is 2.57. The number of fused-ring (bicyclic) bond motifs is 1. The summed E-state index contributed by atoms with van der Waals surface area (Å²) in [5, 5.41) is 0. The van der Waals surface area contributed by atoms with Crippen molar-refractivity contribution in [3.05, 3.63) is 48.0 Å². The Morgan fingerprint density at radius 2 is 2.15 bits per heavy atom. The van der Waals surface area contributed by atoms with Gasteiger partial charge < -0.3 is 14.4 Å². The molecule has 1 aromatic carbocycles. The van der Waals surface area contributed by atoms with Crippen LogP contribution in [0.25, 0.3) is 0 Å². The van der Waals surface area contributed by atoms with Crippen molar-refractivity contribution in [3.8, 4) is 0 Å². The zero-order valence-electron chi connectivity index (χ0n) is 15.3. The highest BCUT2D eigenvalue weighted by Crippen LogP contribution is 2.53. The Balaban J connectivity index is 1.56. The minimum Gasteiger partial charge on any atom is -0.465 e. The Morgan fingerprint density at radius 1 is 1.38 bits per heavy atom. The Kier molecular flexibility index (Phi) is 4.35. The molecule has 0 aromatic heterocycles. The zero-order valence-corrected chi connectivity index (χ0v) is 15.3. The number of hydrogen-bond acceptors (Lipinski definition) is 4. The minimum absolute atomic E-state index is 0.00866. The first kappa shape index (κ1) is 17.3. The fourth-order valence-corrected chi connectivity index (χ4v) is 4.45. The summed E-state index contributed by atoms with van der Waals surface area (Å²) in [4.78, 5) is 27.7. The number of hydrogen-bond donors (Lipinski definition) is 0. The molecule has 2 saturated heterocycles. The molecule has 0 saturated carbocycles. The second-order valence-corrected chi connectivity index (χ2v) is 7.47. The molecule has 0 aliphatic carbocycles. The zero-order chi connectivity index (χ0) is 18.3. The number of esters is 1. The maximum absolute atomic E-state index is 13.2. The first-order valence-electron chi connectivity index (χ1n) is 9.46. The summed E-state index contributed by atoms with van der Waals surface area (Å²) in [6, 6.07) is 9.90. The lowest BCUT2D eigenvalue weighted by Crippen LogP contribution is -2.40. The molecule has 2 fully saturated rings. The third-order valence-corrected chi connectivity index (χ3v) is 5.89. The average molecular weight is 355 g/mol. The van der Waals surface area contributed by atoms with Crippen molar-refractivity contribution in [1.82, 2.24) is 4.90 Å². The Bertz CT molecular complexity index is 731. The van der Waals surface area contributed by atoms with Gasteiger partial charge >= 0.3 is 5.97 Å². The van der Waals surface area contributed by atoms with Crippen molar-refractivity contribution >= 4 is 11.9 Å². The fraction of sp³-hybridized carbons (Fsp3) is 0.524. The lowest BCUT2D eigenvalue weighted by atomic mass is 9.77. The van der Waals surface area contributed by atoms with Crippen LogP contribution >= 0.6 is 0 Å². The molecule has 3 heterocycles. The van der Waals surface area contributed by atoms with E-state index in [1.54, 1.807) is 0 Å². The van der Waals surface area contributed by atoms with Gasteiger partial charge in [-0.3, -0.25) is 9.59 Å². The largest absolute Gasteiger partial charge is 0.465 e. The van der Waals surface area contributed by atoms with Gasteiger partial charge in [-0.15, -0.1) is 0 Å². The number of benzene rings is 1. The van der Waals surface area contributed by atoms with E-state index >= 15 is 0 Å². The SMILES string of the molecule is CCCCOC(=O)[C@H]1[C@@H]2C=C[C@@]3(CN([C@@H](C)c4ccccc4)C(=O)[C@H]13)O2. The number of unbranched alkanes of at least 4 members (excludes halogenated alkanes) is 1. The van der Waals surface area contributed by atoms with Gasteiger partial charge in [0.05, 0.1) is 31.2 Å². The molecule has 0 radical (unpaired) electrons. The van der Waals surface area contributed by atoms with Crippen molar-refractivity contribution in [3.63, 3.8) is 0 Å². The van der Waals surface area contributed by atoms with E-state index in [-0.39, 0.29) is 24.0 Å². The Morgan fingerprint density at radius 3 is 2.88 bits per heavy atom. The number of nitrogens with zero attached hydrogens (tertiary/aromatic N) is 1. The summed E-state index contributed by atoms with van der Waals surface area (Å²) >= 11 is 0. The molecule has 0 N–H and O–H groups in total. The van der Waals surface area contributed by atoms with Crippen LogP contribution in [0.15, 0.2) is 42.5 Å². The molecule has 3 aliphatic heterocycles. The van der Waals surface area contributed by atoms with E-state index in [1.165, 1.54) is 0 Å². The summed E-state index contributed by atoms with van der Waals surface area (Å²) in [5.74, 6) is -1.32. The van der Waals surface area contributed by atoms with E-state index in [0.717, 1.165) is 18.4 Å². The Hall–Kier alpha value is -2.14. The number of carbonyl (C=O) groups excluding carboxylic acids is 2. The van der Waals surface area contributed by atoms with Gasteiger partial charge in [-0.05, 0) is 18.9 Å². The molecule has 138 valence electrons. The van der Waals surface area contributed by atoms with Crippen LogP contribution in [0.5, 0.6) is 0 Å². The van der Waals surface area contributed by atoms with Gasteiger partial charge in [0.1, 0.15) is 11.5 Å². The van der Waals surface area contributed by atoms with Crippen molar-refractivity contribution in [2.75, 3.05) is 13.2 Å². The van der Waals surface area contributed by atoms with E-state index in [9.17, 15) is 9.59 Å². The van der Waals surface area contributed by atoms with E-state index < -0.39 is 17.4 Å². The molecule has 1 aromatic rings. The third-order valence-electron chi connectivity index (χ3n) is 5.89. The van der Waals surface area contributed by atoms with Gasteiger partial charge in [0.15, 0.2) is 0 Å². The fourth-order valence-electron chi connectivity index (χ4n) is 4.45. The van der Waals surface area contributed by atoms with E-state index in [0.29, 0.717) is 13.2 Å². The van der Waals surface area contributed by atoms with Gasteiger partial charge in [0.2, 0.25) is 5.91 Å². The molecule has 2 bridgehead atoms. The van der Waals surface area contributed by atoms with E-state index in [4.69, 9.17) is 9.47 Å². The first-order chi connectivity index (χ1) is 12.6. The highest BCUT2D eigenvalue weighted by Gasteiger charge is 2.67. The van der Waals surface area contributed by atoms with Gasteiger partial charge in [-0.1, -0.05) is 55.8 Å². The molecule has 26 heavy (non-hydrogen) atoms. The van der Waals surface area contributed by atoms with Gasteiger partial charge in [-0.2, -0.15) is 0 Å². The number of amides is 1. The summed E-state index contributed by atoms with van der Waals surface area (Å²) in [7, 11) is 0. The Labute approximate surface area is 154 Å². The van der Waals surface area contributed by atoms with Gasteiger partial charge in [0, 0.05) is 0 Å². The minimum atomic E-state index is -0.681. The lowest BCUT2D eigenvalue weighted by molar-refractivity contribution is -0.154. The average Bonchev–Trinajstić information content (AvgIpc) is 3.30. The number of likely N-dealkylation sites (tertiary alicyclic amines) is 1. The van der Waals surface area contributed by atoms with Crippen molar-refractivity contribution < 1.29 is 19.1 Å². The first-order valence-corrected chi connectivity index (χ1v) is 9.46. The van der Waals surface area contributed by atoms with Crippen LogP contribution in [0, 0.1) is 11.8 Å². The molecule has 3 aliphatic rings. The number of rotatable bonds is 6. The van der Waals surface area contributed by atoms with Crippen LogP contribution in [0.3, 0.4) is 0 Å². The number of ether oxygens (including phenoxy) is 2. The number of carbonyl (C=O) groups is 2. The molecule has 0 unspecified atom stereocenters. The lowest BCUT2D eigenvalue weighted by Gasteiger charge is -2.27. The highest BCUT2D eigenvalue weighted by atomic mass is 16.6. The van der Waals surface area contributed by atoms with Crippen LogP contribution < -0.4 is 0 Å². The highest BCUT2D eigenvalue weighted by molar-refractivity contribution is 5.91. The summed E-state index contributed by atoms with van der Waals surface area (Å²) in [6.07, 6.45) is 5.36. The van der Waals surface area contributed by atoms with Crippen LogP contribution in [0.1, 0.15) is 38.3 Å². The van der Waals surface area contributed by atoms with Crippen molar-refractivity contribution in [2.45, 2.75) is 44.4 Å². The molecular formula is C21H25NO4. The summed E-state index contributed by atoms with van der Waals surface area (Å²) in [6.45, 7) is 4.96. The predicted molar refractivity (Wildman–Crippen MR) is 96.2 cm³/mol. The van der Waals surface area contributed by atoms with Gasteiger partial charge in [-0.25, -0.2) is 0 Å². The topological polar surface area (TPSA) is 55.8 Å². The van der Waals surface area contributed by atoms with Crippen LogP contribution in [-0.4, -0.2) is 41.6 Å². The predicted octanol–water partition coefficient (Wildman–Crippen LogP) is 2.87. The standard InChI is InChI=1S/C21H25NO4/c1-3-4-12-25-20(24)17-16-10-11-21(26-16)13-22(19(23)18(17)21)14(2)15-8-6-5-7-9-15/h5-11,14,16-18H,3-4,12-13H2,1-2H3/t14-,16-,17-,18-,21-/m0/s1. The maximum Gasteiger partial charge on any atom is 0.312 e. The summed E-state index contributed by atoms with van der Waals surface area (Å²) < 4.78 is 11.6. The molecule has 1 amide bonds. The summed E-state index contributed by atoms with van der Waals surface area (Å²) in [5.41, 5.74) is 0.400. The second kappa shape index (κ2) is 6.54. The van der Waals surface area contributed by atoms with Crippen LogP contribution in [-0.2, 0) is 19.1 Å². The van der Waals surface area contributed by atoms with Crippen molar-refractivity contribution in [2.24, 2.45) is 11.8 Å².